The number of fused-ring (bicyclic) bond motifs is 1. The average molecular weight is 359 g/mol. The number of allylic oxidation sites excluding steroid dienone is 1. The molecule has 0 unspecified atom stereocenters. The van der Waals surface area contributed by atoms with E-state index in [9.17, 15) is 0 Å². The number of benzene rings is 3. The molecule has 0 spiro atoms. The van der Waals surface area contributed by atoms with Crippen molar-refractivity contribution in [3.05, 3.63) is 89.5 Å². The maximum absolute atomic E-state index is 5.88. The maximum atomic E-state index is 5.88. The van der Waals surface area contributed by atoms with Gasteiger partial charge in [-0.15, -0.1) is 0 Å². The lowest BCUT2D eigenvalue weighted by Gasteiger charge is -1.97. The first-order valence-corrected chi connectivity index (χ1v) is 8.58. The van der Waals surface area contributed by atoms with Crippen LogP contribution in [-0.4, -0.2) is 11.2 Å². The molecule has 0 radical (unpaired) electrons. The van der Waals surface area contributed by atoms with E-state index in [1.807, 2.05) is 84.9 Å². The summed E-state index contributed by atoms with van der Waals surface area (Å²) in [7, 11) is 0. The van der Waals surface area contributed by atoms with Crippen LogP contribution in [0.5, 0.6) is 0 Å². The molecule has 126 valence electrons. The Morgan fingerprint density at radius 1 is 0.923 bits per heavy atom. The minimum Gasteiger partial charge on any atom is -0.436 e. The highest BCUT2D eigenvalue weighted by Crippen LogP contribution is 2.26. The van der Waals surface area contributed by atoms with Crippen LogP contribution in [0, 0.1) is 0 Å². The largest absolute Gasteiger partial charge is 0.436 e. The average Bonchev–Trinajstić information content (AvgIpc) is 3.11. The number of aromatic nitrogens is 1. The molecule has 0 saturated heterocycles. The van der Waals surface area contributed by atoms with E-state index in [4.69, 9.17) is 16.0 Å². The van der Waals surface area contributed by atoms with E-state index in [0.29, 0.717) is 5.89 Å². The molecule has 26 heavy (non-hydrogen) atoms. The lowest BCUT2D eigenvalue weighted by Crippen LogP contribution is -1.77. The summed E-state index contributed by atoms with van der Waals surface area (Å²) in [5.41, 5.74) is 4.44. The predicted octanol–water partition coefficient (Wildman–Crippen LogP) is 6.56. The zero-order valence-corrected chi connectivity index (χ0v) is 14.6. The number of hydrogen-bond donors (Lipinski definition) is 0. The second-order valence-electron chi connectivity index (χ2n) is 5.73. The van der Waals surface area contributed by atoms with E-state index in [2.05, 4.69) is 9.98 Å². The van der Waals surface area contributed by atoms with Gasteiger partial charge in [-0.25, -0.2) is 4.98 Å². The van der Waals surface area contributed by atoms with Crippen molar-refractivity contribution in [1.82, 2.24) is 4.98 Å². The molecule has 0 aliphatic heterocycles. The van der Waals surface area contributed by atoms with Gasteiger partial charge >= 0.3 is 0 Å². The van der Waals surface area contributed by atoms with Crippen LogP contribution in [0.15, 0.2) is 88.3 Å². The van der Waals surface area contributed by atoms with Gasteiger partial charge < -0.3 is 4.42 Å². The van der Waals surface area contributed by atoms with Gasteiger partial charge in [-0.1, -0.05) is 48.0 Å². The molecule has 0 atom stereocenters. The van der Waals surface area contributed by atoms with Crippen LogP contribution < -0.4 is 0 Å². The van der Waals surface area contributed by atoms with Crippen LogP contribution in [0.25, 0.3) is 28.6 Å². The summed E-state index contributed by atoms with van der Waals surface area (Å²) in [5.74, 6) is 0.597. The van der Waals surface area contributed by atoms with Crippen LogP contribution >= 0.6 is 11.6 Å². The van der Waals surface area contributed by atoms with Gasteiger partial charge in [0.1, 0.15) is 5.52 Å². The van der Waals surface area contributed by atoms with Crippen molar-refractivity contribution in [2.45, 2.75) is 0 Å². The van der Waals surface area contributed by atoms with Gasteiger partial charge in [0, 0.05) is 16.8 Å². The van der Waals surface area contributed by atoms with Crippen molar-refractivity contribution in [2.24, 2.45) is 4.99 Å². The van der Waals surface area contributed by atoms with Crippen molar-refractivity contribution in [1.29, 1.82) is 0 Å². The van der Waals surface area contributed by atoms with E-state index < -0.39 is 0 Å². The van der Waals surface area contributed by atoms with Crippen LogP contribution in [-0.2, 0) is 0 Å². The monoisotopic (exact) mass is 358 g/mol. The van der Waals surface area contributed by atoms with E-state index in [0.717, 1.165) is 32.9 Å². The Hall–Kier alpha value is -3.17. The number of nitrogens with zero attached hydrogens (tertiary/aromatic N) is 2. The van der Waals surface area contributed by atoms with Crippen LogP contribution in [0.4, 0.5) is 5.69 Å². The van der Waals surface area contributed by atoms with Gasteiger partial charge in [0.25, 0.3) is 0 Å². The molecule has 1 aromatic heterocycles. The predicted molar refractivity (Wildman–Crippen MR) is 108 cm³/mol. The number of aliphatic imine (C=N–C) groups is 1. The molecular weight excluding hydrogens is 344 g/mol. The topological polar surface area (TPSA) is 38.4 Å². The Bertz CT molecular complexity index is 1060. The van der Waals surface area contributed by atoms with Gasteiger partial charge in [-0.2, -0.15) is 0 Å². The molecule has 0 aliphatic carbocycles. The summed E-state index contributed by atoms with van der Waals surface area (Å²) in [6.45, 7) is 0. The molecule has 0 bridgehead atoms. The van der Waals surface area contributed by atoms with Gasteiger partial charge in [-0.05, 0) is 54.1 Å². The zero-order valence-electron chi connectivity index (χ0n) is 13.8. The summed E-state index contributed by atoms with van der Waals surface area (Å²) in [6, 6.07) is 23.2. The van der Waals surface area contributed by atoms with Crippen LogP contribution in [0.2, 0.25) is 5.02 Å². The molecule has 4 rings (SSSR count). The Kier molecular flexibility index (Phi) is 4.63. The third kappa shape index (κ3) is 3.73. The van der Waals surface area contributed by atoms with E-state index in [1.165, 1.54) is 0 Å². The first-order valence-electron chi connectivity index (χ1n) is 8.20. The Morgan fingerprint density at radius 3 is 2.62 bits per heavy atom. The van der Waals surface area contributed by atoms with Gasteiger partial charge in [-0.3, -0.25) is 4.99 Å². The molecule has 4 aromatic rings. The van der Waals surface area contributed by atoms with Crippen molar-refractivity contribution >= 4 is 40.7 Å². The highest BCUT2D eigenvalue weighted by Gasteiger charge is 2.07. The third-order valence-electron chi connectivity index (χ3n) is 3.86. The number of hydrogen-bond acceptors (Lipinski definition) is 3. The lowest BCUT2D eigenvalue weighted by molar-refractivity contribution is 0.620. The number of oxazole rings is 1. The first kappa shape index (κ1) is 16.3. The minimum absolute atomic E-state index is 0.597. The summed E-state index contributed by atoms with van der Waals surface area (Å²) >= 11 is 5.88. The smallest absolute Gasteiger partial charge is 0.227 e. The SMILES string of the molecule is Clc1ccc(/C=C/C=Nc2cccc(-c3nc4ccccc4o3)c2)cc1. The minimum atomic E-state index is 0.597. The summed E-state index contributed by atoms with van der Waals surface area (Å²) < 4.78 is 5.81. The second-order valence-corrected chi connectivity index (χ2v) is 6.16. The molecule has 3 nitrogen and oxygen atoms in total. The summed E-state index contributed by atoms with van der Waals surface area (Å²) in [6.07, 6.45) is 5.64. The van der Waals surface area contributed by atoms with E-state index >= 15 is 0 Å². The van der Waals surface area contributed by atoms with Gasteiger partial charge in [0.05, 0.1) is 5.69 Å². The highest BCUT2D eigenvalue weighted by molar-refractivity contribution is 6.30. The first-order chi connectivity index (χ1) is 12.8. The summed E-state index contributed by atoms with van der Waals surface area (Å²) in [4.78, 5) is 9.00. The highest BCUT2D eigenvalue weighted by atomic mass is 35.5. The fraction of sp³-hybridized carbons (Fsp3) is 0. The summed E-state index contributed by atoms with van der Waals surface area (Å²) in [5, 5.41) is 0.729. The van der Waals surface area contributed by atoms with Gasteiger partial charge in [0.2, 0.25) is 5.89 Å². The van der Waals surface area contributed by atoms with Crippen LogP contribution in [0.3, 0.4) is 0 Å². The van der Waals surface area contributed by atoms with Crippen LogP contribution in [0.1, 0.15) is 5.56 Å². The molecule has 1 heterocycles. The fourth-order valence-electron chi connectivity index (χ4n) is 2.57. The van der Waals surface area contributed by atoms with Gasteiger partial charge in [0.15, 0.2) is 5.58 Å². The molecule has 0 saturated carbocycles. The normalized spacial score (nSPS) is 11.7. The van der Waals surface area contributed by atoms with Crippen molar-refractivity contribution in [3.8, 4) is 11.5 Å². The standard InChI is InChI=1S/C22H15ClN2O/c23-18-12-10-16(11-13-18)5-4-14-24-19-7-3-6-17(15-19)22-25-20-8-1-2-9-21(20)26-22/h1-15H/b5-4+,24-14?. The Balaban J connectivity index is 1.52. The molecular formula is C22H15ClN2O. The lowest BCUT2D eigenvalue weighted by atomic mass is 10.2. The molecule has 0 aliphatic rings. The molecule has 4 heteroatoms. The third-order valence-corrected chi connectivity index (χ3v) is 4.11. The van der Waals surface area contributed by atoms with E-state index in [-0.39, 0.29) is 0 Å². The van der Waals surface area contributed by atoms with Crippen molar-refractivity contribution < 1.29 is 4.42 Å². The second kappa shape index (κ2) is 7.38. The Morgan fingerprint density at radius 2 is 1.77 bits per heavy atom. The molecule has 0 N–H and O–H groups in total. The number of para-hydroxylation sites is 2. The quantitative estimate of drug-likeness (QED) is 0.387. The Labute approximate surface area is 156 Å². The van der Waals surface area contributed by atoms with E-state index in [1.54, 1.807) is 6.21 Å². The fourth-order valence-corrected chi connectivity index (χ4v) is 2.70. The number of halogens is 1. The molecule has 0 amide bonds. The zero-order chi connectivity index (χ0) is 17.8. The maximum Gasteiger partial charge on any atom is 0.227 e. The molecule has 0 fully saturated rings. The van der Waals surface area contributed by atoms with Crippen molar-refractivity contribution in [2.75, 3.05) is 0 Å². The van der Waals surface area contributed by atoms with Crippen molar-refractivity contribution in [3.63, 3.8) is 0 Å². The molecule has 3 aromatic carbocycles. The number of rotatable bonds is 4.